The average molecular weight is 250 g/mol. The molecule has 0 spiro atoms. The quantitative estimate of drug-likeness (QED) is 0.873. The predicted molar refractivity (Wildman–Crippen MR) is 70.2 cm³/mol. The molecule has 0 radical (unpaired) electrons. The first-order chi connectivity index (χ1) is 8.74. The van der Waals surface area contributed by atoms with Gasteiger partial charge in [-0.2, -0.15) is 0 Å². The Labute approximate surface area is 109 Å². The van der Waals surface area contributed by atoms with Crippen LogP contribution in [0.4, 0.5) is 0 Å². The van der Waals surface area contributed by atoms with E-state index < -0.39 is 5.79 Å². The standard InChI is InChI=1S/C15H22O3/c1-3-15(4-2)17-13(10-11-16)14(18-15)12-8-6-5-7-9-12/h5-9,13-14,16H,3-4,10-11H2,1-2H3/t13-,14-/m0/s1. The normalized spacial score (nSPS) is 26.4. The molecule has 100 valence electrons. The van der Waals surface area contributed by atoms with Gasteiger partial charge in [0.2, 0.25) is 0 Å². The predicted octanol–water partition coefficient (Wildman–Crippen LogP) is 3.04. The number of hydrogen-bond donors (Lipinski definition) is 1. The average Bonchev–Trinajstić information content (AvgIpc) is 2.80. The number of benzene rings is 1. The summed E-state index contributed by atoms with van der Waals surface area (Å²) in [4.78, 5) is 0. The lowest BCUT2D eigenvalue weighted by Crippen LogP contribution is -2.29. The zero-order valence-corrected chi connectivity index (χ0v) is 11.1. The minimum absolute atomic E-state index is 0.0581. The summed E-state index contributed by atoms with van der Waals surface area (Å²) in [6.45, 7) is 4.28. The van der Waals surface area contributed by atoms with Gasteiger partial charge in [0.05, 0.1) is 6.10 Å². The van der Waals surface area contributed by atoms with Crippen molar-refractivity contribution in [2.24, 2.45) is 0 Å². The minimum Gasteiger partial charge on any atom is -0.396 e. The molecule has 3 heteroatoms. The van der Waals surface area contributed by atoms with Crippen LogP contribution in [-0.2, 0) is 9.47 Å². The van der Waals surface area contributed by atoms with Gasteiger partial charge in [-0.05, 0) is 24.8 Å². The third-order valence-corrected chi connectivity index (χ3v) is 3.66. The molecule has 1 aromatic rings. The zero-order chi connectivity index (χ0) is 13.0. The van der Waals surface area contributed by atoms with E-state index in [1.54, 1.807) is 0 Å². The van der Waals surface area contributed by atoms with Crippen LogP contribution in [-0.4, -0.2) is 23.6 Å². The van der Waals surface area contributed by atoms with Crippen LogP contribution >= 0.6 is 0 Å². The highest BCUT2D eigenvalue weighted by molar-refractivity contribution is 5.20. The molecule has 0 aromatic heterocycles. The van der Waals surface area contributed by atoms with Gasteiger partial charge in [0, 0.05) is 6.61 Å². The van der Waals surface area contributed by atoms with Gasteiger partial charge in [0.15, 0.2) is 5.79 Å². The molecule has 18 heavy (non-hydrogen) atoms. The summed E-state index contributed by atoms with van der Waals surface area (Å²) in [6.07, 6.45) is 2.14. The molecule has 0 saturated carbocycles. The number of rotatable bonds is 5. The SMILES string of the molecule is CCC1(CC)O[C@@H](CCO)[C@H](c2ccccc2)O1. The van der Waals surface area contributed by atoms with Gasteiger partial charge < -0.3 is 14.6 Å². The topological polar surface area (TPSA) is 38.7 Å². The zero-order valence-electron chi connectivity index (χ0n) is 11.1. The van der Waals surface area contributed by atoms with Crippen molar-refractivity contribution in [2.45, 2.75) is 51.1 Å². The Bertz CT molecular complexity index is 359. The number of aliphatic hydroxyl groups is 1. The van der Waals surface area contributed by atoms with Crippen LogP contribution in [0.15, 0.2) is 30.3 Å². The van der Waals surface area contributed by atoms with Crippen LogP contribution in [0.5, 0.6) is 0 Å². The molecule has 1 aromatic carbocycles. The molecule has 1 N–H and O–H groups in total. The van der Waals surface area contributed by atoms with Crippen LogP contribution in [0.2, 0.25) is 0 Å². The first-order valence-corrected chi connectivity index (χ1v) is 6.76. The molecule has 1 fully saturated rings. The fourth-order valence-corrected chi connectivity index (χ4v) is 2.52. The van der Waals surface area contributed by atoms with E-state index in [1.807, 2.05) is 18.2 Å². The summed E-state index contributed by atoms with van der Waals surface area (Å²) in [6, 6.07) is 10.1. The number of aliphatic hydroxyl groups excluding tert-OH is 1. The van der Waals surface area contributed by atoms with Gasteiger partial charge in [-0.3, -0.25) is 0 Å². The van der Waals surface area contributed by atoms with Crippen molar-refractivity contribution >= 4 is 0 Å². The molecule has 0 unspecified atom stereocenters. The van der Waals surface area contributed by atoms with Crippen LogP contribution in [0.1, 0.15) is 44.8 Å². The van der Waals surface area contributed by atoms with Crippen molar-refractivity contribution in [3.63, 3.8) is 0 Å². The Kier molecular flexibility index (Phi) is 4.38. The molecule has 0 aliphatic carbocycles. The third kappa shape index (κ3) is 2.58. The van der Waals surface area contributed by atoms with Crippen molar-refractivity contribution < 1.29 is 14.6 Å². The van der Waals surface area contributed by atoms with Crippen molar-refractivity contribution in [1.29, 1.82) is 0 Å². The number of ether oxygens (including phenoxy) is 2. The fourth-order valence-electron chi connectivity index (χ4n) is 2.52. The van der Waals surface area contributed by atoms with Crippen LogP contribution in [0.25, 0.3) is 0 Å². The van der Waals surface area contributed by atoms with Gasteiger partial charge >= 0.3 is 0 Å². The third-order valence-electron chi connectivity index (χ3n) is 3.66. The molecule has 0 bridgehead atoms. The van der Waals surface area contributed by atoms with Gasteiger partial charge in [-0.15, -0.1) is 0 Å². The van der Waals surface area contributed by atoms with Gasteiger partial charge in [-0.1, -0.05) is 44.2 Å². The van der Waals surface area contributed by atoms with Crippen molar-refractivity contribution in [3.8, 4) is 0 Å². The van der Waals surface area contributed by atoms with Crippen LogP contribution in [0, 0.1) is 0 Å². The lowest BCUT2D eigenvalue weighted by atomic mass is 10.0. The van der Waals surface area contributed by atoms with Gasteiger partial charge in [0.1, 0.15) is 6.10 Å². The van der Waals surface area contributed by atoms with E-state index in [1.165, 1.54) is 0 Å². The molecule has 1 saturated heterocycles. The largest absolute Gasteiger partial charge is 0.396 e. The second-order valence-electron chi connectivity index (χ2n) is 4.74. The highest BCUT2D eigenvalue weighted by atomic mass is 16.8. The molecule has 0 amide bonds. The van der Waals surface area contributed by atoms with E-state index in [4.69, 9.17) is 9.47 Å². The summed E-state index contributed by atoms with van der Waals surface area (Å²) in [5.74, 6) is -0.486. The van der Waals surface area contributed by atoms with Crippen LogP contribution in [0.3, 0.4) is 0 Å². The van der Waals surface area contributed by atoms with Crippen molar-refractivity contribution in [3.05, 3.63) is 35.9 Å². The summed E-state index contributed by atoms with van der Waals surface area (Å²) in [5.41, 5.74) is 1.12. The monoisotopic (exact) mass is 250 g/mol. The van der Waals surface area contributed by atoms with Crippen molar-refractivity contribution in [2.75, 3.05) is 6.61 Å². The van der Waals surface area contributed by atoms with E-state index >= 15 is 0 Å². The first-order valence-electron chi connectivity index (χ1n) is 6.76. The van der Waals surface area contributed by atoms with Crippen LogP contribution < -0.4 is 0 Å². The molecular formula is C15H22O3. The lowest BCUT2D eigenvalue weighted by Gasteiger charge is -2.25. The smallest absolute Gasteiger partial charge is 0.169 e. The highest BCUT2D eigenvalue weighted by Crippen LogP contribution is 2.43. The molecule has 2 atom stereocenters. The Hall–Kier alpha value is -0.900. The summed E-state index contributed by atoms with van der Waals surface area (Å²) in [5, 5.41) is 9.17. The van der Waals surface area contributed by atoms with Gasteiger partial charge in [-0.25, -0.2) is 0 Å². The maximum atomic E-state index is 9.17. The van der Waals surface area contributed by atoms with E-state index in [0.717, 1.165) is 18.4 Å². The molecular weight excluding hydrogens is 228 g/mol. The van der Waals surface area contributed by atoms with E-state index in [2.05, 4.69) is 26.0 Å². The minimum atomic E-state index is -0.486. The highest BCUT2D eigenvalue weighted by Gasteiger charge is 2.45. The summed E-state index contributed by atoms with van der Waals surface area (Å²) < 4.78 is 12.2. The molecule has 1 aliphatic heterocycles. The van der Waals surface area contributed by atoms with E-state index in [9.17, 15) is 5.11 Å². The first kappa shape index (κ1) is 13.5. The summed E-state index contributed by atoms with van der Waals surface area (Å²) in [7, 11) is 0. The maximum Gasteiger partial charge on any atom is 0.169 e. The molecule has 3 nitrogen and oxygen atoms in total. The maximum absolute atomic E-state index is 9.17. The van der Waals surface area contributed by atoms with E-state index in [0.29, 0.717) is 6.42 Å². The van der Waals surface area contributed by atoms with Crippen molar-refractivity contribution in [1.82, 2.24) is 0 Å². The van der Waals surface area contributed by atoms with E-state index in [-0.39, 0.29) is 18.8 Å². The second kappa shape index (κ2) is 5.83. The molecule has 1 heterocycles. The molecule has 2 rings (SSSR count). The Morgan fingerprint density at radius 3 is 2.33 bits per heavy atom. The number of hydrogen-bond acceptors (Lipinski definition) is 3. The summed E-state index contributed by atoms with van der Waals surface area (Å²) >= 11 is 0. The Morgan fingerprint density at radius 1 is 1.11 bits per heavy atom. The second-order valence-corrected chi connectivity index (χ2v) is 4.74. The lowest BCUT2D eigenvalue weighted by molar-refractivity contribution is -0.180. The van der Waals surface area contributed by atoms with Gasteiger partial charge in [0.25, 0.3) is 0 Å². The Balaban J connectivity index is 2.22. The fraction of sp³-hybridized carbons (Fsp3) is 0.600. The molecule has 1 aliphatic rings. The Morgan fingerprint density at radius 2 is 1.78 bits per heavy atom.